The van der Waals surface area contributed by atoms with Crippen LogP contribution in [0.15, 0.2) is 9.59 Å². The molecule has 0 saturated carbocycles. The standard InChI is InChI=1S/C11H17N7O3/c1-6(12-3-4-19)5-13-10-14-7-8(16-17-10)15-11(21)18(2)9(7)20/h6,12,19H,3-5H2,1-2H3,(H,13,14,17)(H,15,16,21). The molecule has 2 rings (SSSR count). The fraction of sp³-hybridized carbons (Fsp3) is 0.545. The molecule has 0 spiro atoms. The maximum Gasteiger partial charge on any atom is 0.329 e. The summed E-state index contributed by atoms with van der Waals surface area (Å²) in [6, 6.07) is 0.0786. The summed E-state index contributed by atoms with van der Waals surface area (Å²) in [5, 5.41) is 22.3. The van der Waals surface area contributed by atoms with Gasteiger partial charge in [-0.25, -0.2) is 9.78 Å². The zero-order valence-corrected chi connectivity index (χ0v) is 11.8. The molecule has 2 heterocycles. The van der Waals surface area contributed by atoms with Crippen molar-refractivity contribution in [2.45, 2.75) is 13.0 Å². The molecule has 0 aliphatic heterocycles. The highest BCUT2D eigenvalue weighted by atomic mass is 16.3. The number of hydrogen-bond donors (Lipinski definition) is 4. The van der Waals surface area contributed by atoms with Crippen molar-refractivity contribution in [1.29, 1.82) is 0 Å². The van der Waals surface area contributed by atoms with Crippen LogP contribution in [0, 0.1) is 0 Å². The summed E-state index contributed by atoms with van der Waals surface area (Å²) < 4.78 is 0.923. The van der Waals surface area contributed by atoms with Gasteiger partial charge in [0.1, 0.15) is 0 Å². The van der Waals surface area contributed by atoms with Gasteiger partial charge in [0.05, 0.1) is 6.61 Å². The van der Waals surface area contributed by atoms with E-state index in [1.807, 2.05) is 6.92 Å². The molecule has 10 heteroatoms. The quantitative estimate of drug-likeness (QED) is 0.471. The molecule has 0 aliphatic carbocycles. The molecule has 0 bridgehead atoms. The molecule has 4 N–H and O–H groups in total. The van der Waals surface area contributed by atoms with Crippen LogP contribution in [-0.2, 0) is 7.05 Å². The Kier molecular flexibility index (Phi) is 4.60. The first-order valence-corrected chi connectivity index (χ1v) is 6.44. The first-order valence-electron chi connectivity index (χ1n) is 6.44. The Hall–Kier alpha value is -2.33. The number of H-pyrrole nitrogens is 1. The van der Waals surface area contributed by atoms with Gasteiger partial charge in [-0.15, -0.1) is 10.2 Å². The molecule has 10 nitrogen and oxygen atoms in total. The number of aromatic amines is 1. The summed E-state index contributed by atoms with van der Waals surface area (Å²) in [4.78, 5) is 29.8. The second-order valence-electron chi connectivity index (χ2n) is 4.59. The Morgan fingerprint density at radius 3 is 2.86 bits per heavy atom. The third-order valence-electron chi connectivity index (χ3n) is 2.89. The molecule has 0 aliphatic rings. The first kappa shape index (κ1) is 15.1. The van der Waals surface area contributed by atoms with E-state index in [1.54, 1.807) is 0 Å². The van der Waals surface area contributed by atoms with Crippen LogP contribution in [0.2, 0.25) is 0 Å². The number of rotatable bonds is 6. The SMILES string of the molecule is CC(CNc1nnc2[nH]c(=O)n(C)c(=O)c2n1)NCCO. The topological polar surface area (TPSA) is 138 Å². The second-order valence-corrected chi connectivity index (χ2v) is 4.59. The Bertz CT molecular complexity index is 739. The maximum absolute atomic E-state index is 11.9. The van der Waals surface area contributed by atoms with Crippen LogP contribution < -0.4 is 21.9 Å². The summed E-state index contributed by atoms with van der Waals surface area (Å²) in [7, 11) is 1.36. The van der Waals surface area contributed by atoms with Crippen molar-refractivity contribution in [1.82, 2.24) is 30.0 Å². The Labute approximate surface area is 119 Å². The number of aliphatic hydroxyl groups excluding tert-OH is 1. The van der Waals surface area contributed by atoms with Gasteiger partial charge in [-0.1, -0.05) is 0 Å². The highest BCUT2D eigenvalue weighted by Gasteiger charge is 2.10. The summed E-state index contributed by atoms with van der Waals surface area (Å²) >= 11 is 0. The average Bonchev–Trinajstić information content (AvgIpc) is 2.49. The van der Waals surface area contributed by atoms with Gasteiger partial charge in [0.15, 0.2) is 11.2 Å². The van der Waals surface area contributed by atoms with E-state index < -0.39 is 11.2 Å². The van der Waals surface area contributed by atoms with E-state index in [9.17, 15) is 9.59 Å². The molecule has 1 atom stereocenters. The van der Waals surface area contributed by atoms with Crippen molar-refractivity contribution < 1.29 is 5.11 Å². The van der Waals surface area contributed by atoms with Gasteiger partial charge in [-0.05, 0) is 6.92 Å². The van der Waals surface area contributed by atoms with Crippen LogP contribution in [0.1, 0.15) is 6.92 Å². The molecule has 114 valence electrons. The van der Waals surface area contributed by atoms with Crippen LogP contribution in [-0.4, -0.2) is 55.6 Å². The lowest BCUT2D eigenvalue weighted by Crippen LogP contribution is -2.35. The highest BCUT2D eigenvalue weighted by Crippen LogP contribution is 2.01. The minimum absolute atomic E-state index is 0.0468. The fourth-order valence-corrected chi connectivity index (χ4v) is 1.70. The van der Waals surface area contributed by atoms with E-state index in [2.05, 4.69) is 30.8 Å². The molecule has 0 aromatic carbocycles. The Balaban J connectivity index is 2.19. The van der Waals surface area contributed by atoms with Crippen LogP contribution in [0.5, 0.6) is 0 Å². The predicted molar refractivity (Wildman–Crippen MR) is 76.2 cm³/mol. The molecular weight excluding hydrogens is 278 g/mol. The molecule has 2 aromatic rings. The average molecular weight is 295 g/mol. The molecule has 1 unspecified atom stereocenters. The number of nitrogens with zero attached hydrogens (tertiary/aromatic N) is 4. The normalized spacial score (nSPS) is 12.5. The first-order chi connectivity index (χ1) is 10.0. The van der Waals surface area contributed by atoms with Gasteiger partial charge in [0.25, 0.3) is 5.56 Å². The minimum atomic E-state index is -0.564. The highest BCUT2D eigenvalue weighted by molar-refractivity contribution is 5.68. The van der Waals surface area contributed by atoms with Crippen LogP contribution in [0.3, 0.4) is 0 Å². The molecule has 0 saturated heterocycles. The molecule has 21 heavy (non-hydrogen) atoms. The van der Waals surface area contributed by atoms with E-state index in [0.29, 0.717) is 13.1 Å². The number of anilines is 1. The van der Waals surface area contributed by atoms with Gasteiger partial charge < -0.3 is 15.7 Å². The Morgan fingerprint density at radius 1 is 1.38 bits per heavy atom. The van der Waals surface area contributed by atoms with Crippen molar-refractivity contribution in [3.8, 4) is 0 Å². The van der Waals surface area contributed by atoms with E-state index in [1.165, 1.54) is 7.05 Å². The lowest BCUT2D eigenvalue weighted by atomic mass is 10.3. The monoisotopic (exact) mass is 295 g/mol. The lowest BCUT2D eigenvalue weighted by molar-refractivity contribution is 0.287. The van der Waals surface area contributed by atoms with E-state index in [4.69, 9.17) is 5.11 Å². The largest absolute Gasteiger partial charge is 0.395 e. The maximum atomic E-state index is 11.9. The molecule has 2 aromatic heterocycles. The number of aromatic nitrogens is 5. The van der Waals surface area contributed by atoms with Crippen molar-refractivity contribution in [2.75, 3.05) is 25.0 Å². The van der Waals surface area contributed by atoms with Crippen molar-refractivity contribution in [3.63, 3.8) is 0 Å². The molecular formula is C11H17N7O3. The van der Waals surface area contributed by atoms with Crippen LogP contribution in [0.25, 0.3) is 11.2 Å². The fourth-order valence-electron chi connectivity index (χ4n) is 1.70. The van der Waals surface area contributed by atoms with E-state index in [0.717, 1.165) is 4.57 Å². The summed E-state index contributed by atoms with van der Waals surface area (Å²) in [6.07, 6.45) is 0. The smallest absolute Gasteiger partial charge is 0.329 e. The summed E-state index contributed by atoms with van der Waals surface area (Å²) in [5.41, 5.74) is -0.991. The van der Waals surface area contributed by atoms with Gasteiger partial charge in [-0.2, -0.15) is 0 Å². The van der Waals surface area contributed by atoms with Gasteiger partial charge in [-0.3, -0.25) is 14.3 Å². The van der Waals surface area contributed by atoms with Gasteiger partial charge in [0, 0.05) is 26.2 Å². The number of hydrogen-bond acceptors (Lipinski definition) is 8. The van der Waals surface area contributed by atoms with E-state index >= 15 is 0 Å². The summed E-state index contributed by atoms with van der Waals surface area (Å²) in [6.45, 7) is 2.97. The van der Waals surface area contributed by atoms with Crippen molar-refractivity contribution in [3.05, 3.63) is 20.8 Å². The summed E-state index contributed by atoms with van der Waals surface area (Å²) in [5.74, 6) is 0.198. The third-order valence-corrected chi connectivity index (χ3v) is 2.89. The van der Waals surface area contributed by atoms with E-state index in [-0.39, 0.29) is 29.8 Å². The van der Waals surface area contributed by atoms with Gasteiger partial charge in [0.2, 0.25) is 5.95 Å². The number of aliphatic hydroxyl groups is 1. The minimum Gasteiger partial charge on any atom is -0.395 e. The van der Waals surface area contributed by atoms with Crippen molar-refractivity contribution in [2.24, 2.45) is 7.05 Å². The lowest BCUT2D eigenvalue weighted by Gasteiger charge is -2.13. The number of fused-ring (bicyclic) bond motifs is 1. The third kappa shape index (κ3) is 3.41. The second kappa shape index (κ2) is 6.41. The van der Waals surface area contributed by atoms with Crippen molar-refractivity contribution >= 4 is 17.1 Å². The van der Waals surface area contributed by atoms with Crippen LogP contribution in [0.4, 0.5) is 5.95 Å². The zero-order valence-electron chi connectivity index (χ0n) is 11.8. The number of nitrogens with one attached hydrogen (secondary N) is 3. The molecule has 0 radical (unpaired) electrons. The van der Waals surface area contributed by atoms with Crippen LogP contribution >= 0.6 is 0 Å². The molecule has 0 amide bonds. The van der Waals surface area contributed by atoms with Gasteiger partial charge >= 0.3 is 5.69 Å². The predicted octanol–water partition coefficient (Wildman–Crippen LogP) is -2.21. The Morgan fingerprint density at radius 2 is 2.14 bits per heavy atom. The molecule has 0 fully saturated rings. The zero-order chi connectivity index (χ0) is 15.4.